The number of H-pyrrole nitrogens is 1. The largest absolute Gasteiger partial charge is 0.478 e. The molecule has 0 aliphatic heterocycles. The van der Waals surface area contributed by atoms with Gasteiger partial charge in [-0.1, -0.05) is 15.9 Å². The van der Waals surface area contributed by atoms with Gasteiger partial charge in [-0.05, 0) is 23.8 Å². The Bertz CT molecular complexity index is 545. The van der Waals surface area contributed by atoms with Gasteiger partial charge in [0.2, 0.25) is 0 Å². The number of nitrogens with one attached hydrogen (secondary N) is 1. The van der Waals surface area contributed by atoms with Crippen LogP contribution in [0.2, 0.25) is 0 Å². The lowest BCUT2D eigenvalue weighted by molar-refractivity contribution is -0.131. The van der Waals surface area contributed by atoms with Crippen LogP contribution in [-0.2, 0) is 4.79 Å². The van der Waals surface area contributed by atoms with Crippen LogP contribution < -0.4 is 0 Å². The Kier molecular flexibility index (Phi) is 2.55. The first-order valence-corrected chi connectivity index (χ1v) is 5.00. The smallest absolute Gasteiger partial charge is 0.328 e. The second kappa shape index (κ2) is 3.86. The van der Waals surface area contributed by atoms with E-state index in [1.807, 2.05) is 12.1 Å². The second-order valence-electron chi connectivity index (χ2n) is 2.96. The summed E-state index contributed by atoms with van der Waals surface area (Å²) >= 11 is 3.36. The van der Waals surface area contributed by atoms with Gasteiger partial charge in [-0.25, -0.2) is 9.78 Å². The molecule has 0 saturated heterocycles. The van der Waals surface area contributed by atoms with Crippen LogP contribution in [0.3, 0.4) is 0 Å². The molecule has 2 aromatic rings. The van der Waals surface area contributed by atoms with Gasteiger partial charge in [-0.2, -0.15) is 0 Å². The summed E-state index contributed by atoms with van der Waals surface area (Å²) in [5.74, 6) is -0.968. The number of aromatic amines is 1. The number of hydrogen-bond acceptors (Lipinski definition) is 2. The van der Waals surface area contributed by atoms with Crippen LogP contribution in [0.15, 0.2) is 29.0 Å². The maximum atomic E-state index is 10.4. The number of carboxylic acids is 1. The van der Waals surface area contributed by atoms with Gasteiger partial charge in [-0.3, -0.25) is 0 Å². The van der Waals surface area contributed by atoms with Gasteiger partial charge in [-0.15, -0.1) is 0 Å². The van der Waals surface area contributed by atoms with Crippen molar-refractivity contribution >= 4 is 39.0 Å². The molecule has 0 radical (unpaired) electrons. The number of imidazole rings is 1. The molecule has 0 amide bonds. The predicted molar refractivity (Wildman–Crippen MR) is 60.5 cm³/mol. The van der Waals surface area contributed by atoms with Crippen LogP contribution in [0.5, 0.6) is 0 Å². The summed E-state index contributed by atoms with van der Waals surface area (Å²) in [5, 5.41) is 8.52. The first kappa shape index (κ1) is 9.92. The number of benzene rings is 1. The molecule has 0 saturated carbocycles. The molecule has 4 nitrogen and oxygen atoms in total. The fourth-order valence-electron chi connectivity index (χ4n) is 1.26. The molecule has 0 spiro atoms. The van der Waals surface area contributed by atoms with Gasteiger partial charge in [0.1, 0.15) is 0 Å². The fraction of sp³-hybridized carbons (Fsp3) is 0. The normalized spacial score (nSPS) is 11.3. The van der Waals surface area contributed by atoms with Crippen molar-refractivity contribution < 1.29 is 9.90 Å². The number of hydrogen-bond donors (Lipinski definition) is 2. The van der Waals surface area contributed by atoms with E-state index in [0.717, 1.165) is 27.1 Å². The van der Waals surface area contributed by atoms with E-state index < -0.39 is 5.97 Å². The van der Waals surface area contributed by atoms with E-state index in [9.17, 15) is 4.79 Å². The molecule has 0 aliphatic rings. The third-order valence-electron chi connectivity index (χ3n) is 1.94. The van der Waals surface area contributed by atoms with Gasteiger partial charge in [0, 0.05) is 10.5 Å². The summed E-state index contributed by atoms with van der Waals surface area (Å²) < 4.78 is 0.830. The Balaban J connectivity index is 2.50. The summed E-state index contributed by atoms with van der Waals surface area (Å²) in [5.41, 5.74) is 2.51. The van der Waals surface area contributed by atoms with E-state index in [1.165, 1.54) is 6.08 Å². The minimum Gasteiger partial charge on any atom is -0.478 e. The van der Waals surface area contributed by atoms with Crippen LogP contribution in [0.1, 0.15) is 5.56 Å². The first-order chi connectivity index (χ1) is 7.16. The molecule has 2 N–H and O–H groups in total. The monoisotopic (exact) mass is 266 g/mol. The molecule has 0 aliphatic carbocycles. The van der Waals surface area contributed by atoms with Gasteiger partial charge >= 0.3 is 5.97 Å². The zero-order chi connectivity index (χ0) is 10.8. The minimum absolute atomic E-state index is 0.789. The summed E-state index contributed by atoms with van der Waals surface area (Å²) in [7, 11) is 0. The Morgan fingerprint density at radius 3 is 3.07 bits per heavy atom. The van der Waals surface area contributed by atoms with E-state index in [0.29, 0.717) is 0 Å². The maximum Gasteiger partial charge on any atom is 0.328 e. The molecule has 1 aromatic carbocycles. The number of aliphatic carboxylic acids is 1. The summed E-state index contributed by atoms with van der Waals surface area (Å²) in [6, 6.07) is 3.68. The predicted octanol–water partition coefficient (Wildman–Crippen LogP) is 2.42. The van der Waals surface area contributed by atoms with E-state index >= 15 is 0 Å². The van der Waals surface area contributed by atoms with Crippen LogP contribution >= 0.6 is 15.9 Å². The van der Waals surface area contributed by atoms with Crippen molar-refractivity contribution in [2.24, 2.45) is 0 Å². The number of rotatable bonds is 2. The molecule has 2 rings (SSSR count). The van der Waals surface area contributed by atoms with Crippen molar-refractivity contribution in [1.29, 1.82) is 0 Å². The van der Waals surface area contributed by atoms with Crippen LogP contribution in [0, 0.1) is 0 Å². The minimum atomic E-state index is -0.968. The molecular formula is C10H7BrN2O2. The number of fused-ring (bicyclic) bond motifs is 1. The molecule has 0 atom stereocenters. The lowest BCUT2D eigenvalue weighted by atomic mass is 10.2. The van der Waals surface area contributed by atoms with E-state index in [4.69, 9.17) is 5.11 Å². The summed E-state index contributed by atoms with van der Waals surface area (Å²) in [6.45, 7) is 0. The van der Waals surface area contributed by atoms with Crippen LogP contribution in [0.4, 0.5) is 0 Å². The molecule has 1 heterocycles. The molecule has 76 valence electrons. The molecule has 5 heteroatoms. The summed E-state index contributed by atoms with van der Waals surface area (Å²) in [4.78, 5) is 17.4. The van der Waals surface area contributed by atoms with Crippen molar-refractivity contribution in [3.63, 3.8) is 0 Å². The van der Waals surface area contributed by atoms with Crippen molar-refractivity contribution in [1.82, 2.24) is 9.97 Å². The van der Waals surface area contributed by atoms with Gasteiger partial charge in [0.25, 0.3) is 0 Å². The SMILES string of the molecule is O=C(O)C=Cc1cc2nc[nH]c2cc1Br. The Morgan fingerprint density at radius 1 is 1.53 bits per heavy atom. The number of carbonyl (C=O) groups is 1. The lowest BCUT2D eigenvalue weighted by Gasteiger charge is -1.97. The highest BCUT2D eigenvalue weighted by Gasteiger charge is 2.02. The second-order valence-corrected chi connectivity index (χ2v) is 3.82. The third-order valence-corrected chi connectivity index (χ3v) is 2.63. The Morgan fingerprint density at radius 2 is 2.33 bits per heavy atom. The van der Waals surface area contributed by atoms with Crippen molar-refractivity contribution in [3.8, 4) is 0 Å². The maximum absolute atomic E-state index is 10.4. The summed E-state index contributed by atoms with van der Waals surface area (Å²) in [6.07, 6.45) is 4.22. The average molecular weight is 267 g/mol. The lowest BCUT2D eigenvalue weighted by Crippen LogP contribution is -1.86. The standard InChI is InChI=1S/C10H7BrN2O2/c11-7-4-9-8(12-5-13-9)3-6(7)1-2-10(14)15/h1-5H,(H,12,13)(H,14,15). The van der Waals surface area contributed by atoms with Crippen molar-refractivity contribution in [3.05, 3.63) is 34.6 Å². The highest BCUT2D eigenvalue weighted by molar-refractivity contribution is 9.10. The molecule has 1 aromatic heterocycles. The van der Waals surface area contributed by atoms with E-state index in [-0.39, 0.29) is 0 Å². The molecule has 15 heavy (non-hydrogen) atoms. The van der Waals surface area contributed by atoms with Crippen LogP contribution in [-0.4, -0.2) is 21.0 Å². The number of aromatic nitrogens is 2. The Labute approximate surface area is 93.8 Å². The fourth-order valence-corrected chi connectivity index (χ4v) is 1.74. The first-order valence-electron chi connectivity index (χ1n) is 4.20. The zero-order valence-electron chi connectivity index (χ0n) is 7.57. The quantitative estimate of drug-likeness (QED) is 0.821. The molecule has 0 fully saturated rings. The average Bonchev–Trinajstić information content (AvgIpc) is 2.60. The van der Waals surface area contributed by atoms with Gasteiger partial charge in [0.05, 0.1) is 17.4 Å². The topological polar surface area (TPSA) is 66.0 Å². The van der Waals surface area contributed by atoms with E-state index in [1.54, 1.807) is 6.33 Å². The number of carboxylic acid groups (broad SMARTS) is 1. The van der Waals surface area contributed by atoms with Crippen molar-refractivity contribution in [2.75, 3.05) is 0 Å². The van der Waals surface area contributed by atoms with Gasteiger partial charge < -0.3 is 10.1 Å². The molecule has 0 unspecified atom stereocenters. The highest BCUT2D eigenvalue weighted by atomic mass is 79.9. The molecule has 0 bridgehead atoms. The van der Waals surface area contributed by atoms with Crippen LogP contribution in [0.25, 0.3) is 17.1 Å². The number of halogens is 1. The third kappa shape index (κ3) is 2.07. The van der Waals surface area contributed by atoms with Crippen molar-refractivity contribution in [2.45, 2.75) is 0 Å². The molecular weight excluding hydrogens is 260 g/mol. The number of nitrogens with zero attached hydrogens (tertiary/aromatic N) is 1. The van der Waals surface area contributed by atoms with Gasteiger partial charge in [0.15, 0.2) is 0 Å². The zero-order valence-corrected chi connectivity index (χ0v) is 9.15. The highest BCUT2D eigenvalue weighted by Crippen LogP contribution is 2.23. The Hall–Kier alpha value is -1.62. The van der Waals surface area contributed by atoms with E-state index in [2.05, 4.69) is 25.9 Å².